The quantitative estimate of drug-likeness (QED) is 0.886. The van der Waals surface area contributed by atoms with Gasteiger partial charge >= 0.3 is 0 Å². The van der Waals surface area contributed by atoms with E-state index < -0.39 is 0 Å². The molecule has 1 saturated heterocycles. The summed E-state index contributed by atoms with van der Waals surface area (Å²) in [4.78, 5) is 2.40. The topological polar surface area (TPSA) is 15.3 Å². The fourth-order valence-electron chi connectivity index (χ4n) is 3.19. The zero-order chi connectivity index (χ0) is 15.2. The van der Waals surface area contributed by atoms with Gasteiger partial charge in [0.1, 0.15) is 0 Å². The van der Waals surface area contributed by atoms with Gasteiger partial charge in [0.05, 0.1) is 6.67 Å². The van der Waals surface area contributed by atoms with Crippen molar-refractivity contribution in [2.45, 2.75) is 12.5 Å². The molecule has 1 N–H and O–H groups in total. The molecule has 0 bridgehead atoms. The molecule has 1 aliphatic heterocycles. The van der Waals surface area contributed by atoms with Crippen LogP contribution in [0.15, 0.2) is 54.6 Å². The lowest BCUT2D eigenvalue weighted by atomic mass is 9.98. The highest BCUT2D eigenvalue weighted by Gasteiger charge is 2.21. The number of hydrogen-bond acceptors (Lipinski definition) is 2. The smallest absolute Gasteiger partial charge is 0.0912 e. The van der Waals surface area contributed by atoms with Gasteiger partial charge < -0.3 is 5.32 Å². The Morgan fingerprint density at radius 1 is 0.913 bits per heavy atom. The van der Waals surface area contributed by atoms with Crippen molar-refractivity contribution >= 4 is 12.4 Å². The molecule has 0 unspecified atom stereocenters. The van der Waals surface area contributed by atoms with Crippen molar-refractivity contribution < 1.29 is 4.39 Å². The van der Waals surface area contributed by atoms with Gasteiger partial charge in [-0.1, -0.05) is 54.6 Å². The Hall–Kier alpha value is -1.42. The molecule has 1 atom stereocenters. The first-order chi connectivity index (χ1) is 10.9. The molecule has 0 saturated carbocycles. The minimum absolute atomic E-state index is 0. The van der Waals surface area contributed by atoms with E-state index in [9.17, 15) is 4.39 Å². The van der Waals surface area contributed by atoms with Crippen LogP contribution in [0.4, 0.5) is 4.39 Å². The summed E-state index contributed by atoms with van der Waals surface area (Å²) in [5.41, 5.74) is 3.65. The summed E-state index contributed by atoms with van der Waals surface area (Å²) in [5, 5.41) is 3.36. The summed E-state index contributed by atoms with van der Waals surface area (Å²) in [7, 11) is 0. The van der Waals surface area contributed by atoms with Gasteiger partial charge in [0, 0.05) is 32.2 Å². The largest absolute Gasteiger partial charge is 0.314 e. The highest BCUT2D eigenvalue weighted by atomic mass is 35.5. The number of nitrogens with one attached hydrogen (secondary N) is 1. The number of halogens is 2. The van der Waals surface area contributed by atoms with E-state index in [-0.39, 0.29) is 25.1 Å². The first-order valence-corrected chi connectivity index (χ1v) is 8.04. The zero-order valence-corrected chi connectivity index (χ0v) is 14.1. The molecule has 1 heterocycles. The number of alkyl halides is 1. The lowest BCUT2D eigenvalue weighted by molar-refractivity contribution is 0.157. The minimum Gasteiger partial charge on any atom is -0.314 e. The van der Waals surface area contributed by atoms with Crippen molar-refractivity contribution in [2.24, 2.45) is 0 Å². The third-order valence-electron chi connectivity index (χ3n) is 4.38. The van der Waals surface area contributed by atoms with Crippen LogP contribution in [0.3, 0.4) is 0 Å². The third-order valence-corrected chi connectivity index (χ3v) is 4.38. The van der Waals surface area contributed by atoms with E-state index in [2.05, 4.69) is 58.7 Å². The predicted molar refractivity (Wildman–Crippen MR) is 96.9 cm³/mol. The maximum Gasteiger partial charge on any atom is 0.0912 e. The van der Waals surface area contributed by atoms with Crippen LogP contribution in [0.5, 0.6) is 0 Å². The van der Waals surface area contributed by atoms with E-state index in [4.69, 9.17) is 0 Å². The molecule has 0 spiro atoms. The Bertz CT molecular complexity index is 568. The van der Waals surface area contributed by atoms with Crippen molar-refractivity contribution in [3.8, 4) is 11.1 Å². The number of benzene rings is 2. The van der Waals surface area contributed by atoms with Crippen molar-refractivity contribution in [3.05, 3.63) is 60.2 Å². The molecule has 2 aromatic carbocycles. The standard InChI is InChI=1S/C19H23FN2.ClH/c20-11-10-19(22-14-12-21-13-15-22)18-8-6-17(7-9-18)16-4-2-1-3-5-16;/h1-9,19,21H,10-15H2;1H/t19-;/m0./s1. The molecule has 2 nitrogen and oxygen atoms in total. The highest BCUT2D eigenvalue weighted by molar-refractivity contribution is 5.85. The fourth-order valence-corrected chi connectivity index (χ4v) is 3.19. The molecule has 3 rings (SSSR count). The van der Waals surface area contributed by atoms with E-state index in [1.165, 1.54) is 16.7 Å². The molecule has 2 aromatic rings. The van der Waals surface area contributed by atoms with Crippen molar-refractivity contribution in [2.75, 3.05) is 32.9 Å². The second kappa shape index (κ2) is 9.02. The number of piperazine rings is 1. The number of hydrogen-bond donors (Lipinski definition) is 1. The summed E-state index contributed by atoms with van der Waals surface area (Å²) in [6.07, 6.45) is 0.574. The fraction of sp³-hybridized carbons (Fsp3) is 0.368. The van der Waals surface area contributed by atoms with Crippen LogP contribution in [0.1, 0.15) is 18.0 Å². The van der Waals surface area contributed by atoms with Crippen LogP contribution < -0.4 is 5.32 Å². The Morgan fingerprint density at radius 2 is 1.52 bits per heavy atom. The second-order valence-corrected chi connectivity index (χ2v) is 5.77. The molecule has 0 radical (unpaired) electrons. The van der Waals surface area contributed by atoms with E-state index in [0.717, 1.165) is 26.2 Å². The summed E-state index contributed by atoms with van der Waals surface area (Å²) >= 11 is 0. The molecule has 124 valence electrons. The van der Waals surface area contributed by atoms with Crippen molar-refractivity contribution in [1.29, 1.82) is 0 Å². The maximum absolute atomic E-state index is 13.0. The van der Waals surface area contributed by atoms with Crippen molar-refractivity contribution in [3.63, 3.8) is 0 Å². The van der Waals surface area contributed by atoms with E-state index >= 15 is 0 Å². The average molecular weight is 335 g/mol. The Morgan fingerprint density at radius 3 is 2.13 bits per heavy atom. The molecular weight excluding hydrogens is 311 g/mol. The van der Waals surface area contributed by atoms with Gasteiger partial charge in [-0.15, -0.1) is 12.4 Å². The molecule has 23 heavy (non-hydrogen) atoms. The molecule has 4 heteroatoms. The Balaban J connectivity index is 0.00000192. The van der Waals surface area contributed by atoms with Gasteiger partial charge in [0.2, 0.25) is 0 Å². The van der Waals surface area contributed by atoms with Crippen LogP contribution >= 0.6 is 12.4 Å². The van der Waals surface area contributed by atoms with E-state index in [0.29, 0.717) is 6.42 Å². The molecule has 0 aliphatic carbocycles. The summed E-state index contributed by atoms with van der Waals surface area (Å²) in [5.74, 6) is 0. The number of nitrogens with zero attached hydrogens (tertiary/aromatic N) is 1. The third kappa shape index (κ3) is 4.54. The highest BCUT2D eigenvalue weighted by Crippen LogP contribution is 2.27. The first-order valence-electron chi connectivity index (χ1n) is 8.04. The number of rotatable bonds is 5. The lowest BCUT2D eigenvalue weighted by Crippen LogP contribution is -2.45. The van der Waals surface area contributed by atoms with Gasteiger partial charge in [-0.25, -0.2) is 0 Å². The van der Waals surface area contributed by atoms with Gasteiger partial charge in [-0.05, 0) is 23.1 Å². The van der Waals surface area contributed by atoms with Gasteiger partial charge in [-0.3, -0.25) is 9.29 Å². The maximum atomic E-state index is 13.0. The molecule has 0 amide bonds. The second-order valence-electron chi connectivity index (χ2n) is 5.77. The van der Waals surface area contributed by atoms with Crippen LogP contribution in [-0.2, 0) is 0 Å². The normalized spacial score (nSPS) is 16.6. The molecular formula is C19H24ClFN2. The van der Waals surface area contributed by atoms with Gasteiger partial charge in [0.15, 0.2) is 0 Å². The average Bonchev–Trinajstić information content (AvgIpc) is 2.61. The van der Waals surface area contributed by atoms with Crippen LogP contribution in [0, 0.1) is 0 Å². The van der Waals surface area contributed by atoms with Crippen LogP contribution in [-0.4, -0.2) is 37.8 Å². The monoisotopic (exact) mass is 334 g/mol. The Labute approximate surface area is 144 Å². The van der Waals surface area contributed by atoms with Crippen LogP contribution in [0.25, 0.3) is 11.1 Å². The van der Waals surface area contributed by atoms with E-state index in [1.807, 2.05) is 6.07 Å². The first kappa shape index (κ1) is 17.9. The zero-order valence-electron chi connectivity index (χ0n) is 13.2. The summed E-state index contributed by atoms with van der Waals surface area (Å²) in [6.45, 7) is 3.70. The van der Waals surface area contributed by atoms with Gasteiger partial charge in [0.25, 0.3) is 0 Å². The summed E-state index contributed by atoms with van der Waals surface area (Å²) < 4.78 is 13.0. The minimum atomic E-state index is -0.269. The predicted octanol–water partition coefficient (Wildman–Crippen LogP) is 4.08. The molecule has 1 fully saturated rings. The Kier molecular flexibility index (Phi) is 7.03. The van der Waals surface area contributed by atoms with E-state index in [1.54, 1.807) is 0 Å². The lowest BCUT2D eigenvalue weighted by Gasteiger charge is -2.35. The molecule has 0 aromatic heterocycles. The molecule has 1 aliphatic rings. The van der Waals surface area contributed by atoms with Gasteiger partial charge in [-0.2, -0.15) is 0 Å². The summed E-state index contributed by atoms with van der Waals surface area (Å²) in [6, 6.07) is 19.2. The van der Waals surface area contributed by atoms with Crippen molar-refractivity contribution in [1.82, 2.24) is 10.2 Å². The van der Waals surface area contributed by atoms with Crippen LogP contribution in [0.2, 0.25) is 0 Å². The SMILES string of the molecule is Cl.FCC[C@@H](c1ccc(-c2ccccc2)cc1)N1CCNCC1.